The first-order valence-corrected chi connectivity index (χ1v) is 5.39. The summed E-state index contributed by atoms with van der Waals surface area (Å²) in [6, 6.07) is 0.265. The zero-order chi connectivity index (χ0) is 10.4. The summed E-state index contributed by atoms with van der Waals surface area (Å²) in [5.41, 5.74) is 2.85. The smallest absolute Gasteiger partial charge is 0.0639 e. The number of hydrogen-bond acceptors (Lipinski definition) is 4. The van der Waals surface area contributed by atoms with E-state index in [-0.39, 0.29) is 12.1 Å². The Hall–Kier alpha value is -0.160. The van der Waals surface area contributed by atoms with Gasteiger partial charge in [-0.3, -0.25) is 11.3 Å². The summed E-state index contributed by atoms with van der Waals surface area (Å²) in [5, 5.41) is 0. The minimum absolute atomic E-state index is 0.265. The number of nitrogens with one attached hydrogen (secondary N) is 1. The van der Waals surface area contributed by atoms with Gasteiger partial charge in [0.15, 0.2) is 0 Å². The van der Waals surface area contributed by atoms with Crippen LogP contribution in [0.2, 0.25) is 0 Å². The van der Waals surface area contributed by atoms with Gasteiger partial charge in [-0.25, -0.2) is 0 Å². The molecule has 1 atom stereocenters. The quantitative estimate of drug-likeness (QED) is 0.508. The minimum atomic E-state index is 0.265. The first kappa shape index (κ1) is 11.9. The molecule has 84 valence electrons. The second kappa shape index (κ2) is 6.35. The summed E-state index contributed by atoms with van der Waals surface area (Å²) in [5.74, 6) is 6.11. The van der Waals surface area contributed by atoms with Gasteiger partial charge >= 0.3 is 0 Å². The predicted octanol–water partition coefficient (Wildman–Crippen LogP) is 0.670. The van der Waals surface area contributed by atoms with Crippen molar-refractivity contribution < 1.29 is 9.47 Å². The van der Waals surface area contributed by atoms with Crippen LogP contribution in [0.1, 0.15) is 26.7 Å². The summed E-state index contributed by atoms with van der Waals surface area (Å²) in [7, 11) is 0. The van der Waals surface area contributed by atoms with Crippen LogP contribution in [0.25, 0.3) is 0 Å². The average molecular weight is 202 g/mol. The SMILES string of the molecule is CC(C)OCC(NN)C1CCOCC1. The van der Waals surface area contributed by atoms with Gasteiger partial charge in [0, 0.05) is 19.3 Å². The first-order valence-electron chi connectivity index (χ1n) is 5.39. The third-order valence-corrected chi connectivity index (χ3v) is 2.66. The van der Waals surface area contributed by atoms with Crippen molar-refractivity contribution in [2.45, 2.75) is 38.8 Å². The van der Waals surface area contributed by atoms with Gasteiger partial charge in [0.25, 0.3) is 0 Å². The van der Waals surface area contributed by atoms with Crippen molar-refractivity contribution in [1.29, 1.82) is 0 Å². The molecule has 1 heterocycles. The lowest BCUT2D eigenvalue weighted by molar-refractivity contribution is 0.0127. The van der Waals surface area contributed by atoms with Crippen LogP contribution < -0.4 is 11.3 Å². The Labute approximate surface area is 86.1 Å². The molecular formula is C10H22N2O2. The van der Waals surface area contributed by atoms with E-state index < -0.39 is 0 Å². The van der Waals surface area contributed by atoms with E-state index in [4.69, 9.17) is 15.3 Å². The van der Waals surface area contributed by atoms with Crippen LogP contribution in [0.3, 0.4) is 0 Å². The van der Waals surface area contributed by atoms with Crippen LogP contribution in [-0.2, 0) is 9.47 Å². The summed E-state index contributed by atoms with van der Waals surface area (Å²) >= 11 is 0. The van der Waals surface area contributed by atoms with E-state index in [0.29, 0.717) is 12.5 Å². The largest absolute Gasteiger partial charge is 0.381 e. The van der Waals surface area contributed by atoms with Gasteiger partial charge in [0.1, 0.15) is 0 Å². The Morgan fingerprint density at radius 1 is 1.43 bits per heavy atom. The Balaban J connectivity index is 2.28. The minimum Gasteiger partial charge on any atom is -0.381 e. The second-order valence-corrected chi connectivity index (χ2v) is 4.11. The fourth-order valence-corrected chi connectivity index (χ4v) is 1.73. The normalized spacial score (nSPS) is 21.4. The Morgan fingerprint density at radius 2 is 2.07 bits per heavy atom. The number of hydrogen-bond donors (Lipinski definition) is 2. The highest BCUT2D eigenvalue weighted by Gasteiger charge is 2.23. The molecule has 1 fully saturated rings. The van der Waals surface area contributed by atoms with Crippen LogP contribution in [0.4, 0.5) is 0 Å². The molecular weight excluding hydrogens is 180 g/mol. The van der Waals surface area contributed by atoms with Gasteiger partial charge in [-0.2, -0.15) is 0 Å². The summed E-state index contributed by atoms with van der Waals surface area (Å²) in [4.78, 5) is 0. The van der Waals surface area contributed by atoms with E-state index >= 15 is 0 Å². The molecule has 0 bridgehead atoms. The molecule has 4 nitrogen and oxygen atoms in total. The van der Waals surface area contributed by atoms with Crippen molar-refractivity contribution >= 4 is 0 Å². The molecule has 0 amide bonds. The summed E-state index contributed by atoms with van der Waals surface area (Å²) < 4.78 is 10.9. The molecule has 1 unspecified atom stereocenters. The number of rotatable bonds is 5. The van der Waals surface area contributed by atoms with Crippen molar-refractivity contribution in [3.63, 3.8) is 0 Å². The number of ether oxygens (including phenoxy) is 2. The molecule has 1 aliphatic heterocycles. The van der Waals surface area contributed by atoms with Crippen molar-refractivity contribution in [3.8, 4) is 0 Å². The van der Waals surface area contributed by atoms with E-state index in [1.807, 2.05) is 13.8 Å². The Bertz CT molecular complexity index is 147. The van der Waals surface area contributed by atoms with Crippen LogP contribution in [0.15, 0.2) is 0 Å². The number of hydrazine groups is 1. The molecule has 0 aromatic heterocycles. The van der Waals surface area contributed by atoms with E-state index in [1.165, 1.54) is 0 Å². The molecule has 0 radical (unpaired) electrons. The molecule has 1 aliphatic rings. The molecule has 1 saturated heterocycles. The first-order chi connectivity index (χ1) is 6.74. The van der Waals surface area contributed by atoms with Gasteiger partial charge in [-0.1, -0.05) is 0 Å². The maximum atomic E-state index is 5.56. The number of nitrogens with two attached hydrogens (primary N) is 1. The molecule has 0 aromatic rings. The molecule has 1 rings (SSSR count). The van der Waals surface area contributed by atoms with Crippen molar-refractivity contribution in [2.75, 3.05) is 19.8 Å². The molecule has 3 N–H and O–H groups in total. The van der Waals surface area contributed by atoms with Crippen molar-refractivity contribution in [1.82, 2.24) is 5.43 Å². The van der Waals surface area contributed by atoms with Crippen LogP contribution in [0, 0.1) is 5.92 Å². The molecule has 0 aliphatic carbocycles. The monoisotopic (exact) mass is 202 g/mol. The molecule has 14 heavy (non-hydrogen) atoms. The van der Waals surface area contributed by atoms with E-state index in [9.17, 15) is 0 Å². The fourth-order valence-electron chi connectivity index (χ4n) is 1.73. The third-order valence-electron chi connectivity index (χ3n) is 2.66. The zero-order valence-electron chi connectivity index (χ0n) is 9.16. The van der Waals surface area contributed by atoms with Crippen molar-refractivity contribution in [2.24, 2.45) is 11.8 Å². The van der Waals surface area contributed by atoms with E-state index in [2.05, 4.69) is 5.43 Å². The lowest BCUT2D eigenvalue weighted by Crippen LogP contribution is -2.46. The molecule has 0 saturated carbocycles. The molecule has 0 spiro atoms. The highest BCUT2D eigenvalue weighted by atomic mass is 16.5. The maximum Gasteiger partial charge on any atom is 0.0639 e. The zero-order valence-corrected chi connectivity index (χ0v) is 9.16. The summed E-state index contributed by atoms with van der Waals surface area (Å²) in [6.45, 7) is 6.48. The highest BCUT2D eigenvalue weighted by molar-refractivity contribution is 4.76. The maximum absolute atomic E-state index is 5.56. The van der Waals surface area contributed by atoms with Crippen LogP contribution in [0.5, 0.6) is 0 Å². The molecule has 0 aromatic carbocycles. The van der Waals surface area contributed by atoms with Gasteiger partial charge in [0.2, 0.25) is 0 Å². The van der Waals surface area contributed by atoms with Crippen LogP contribution >= 0.6 is 0 Å². The van der Waals surface area contributed by atoms with Gasteiger partial charge in [0.05, 0.1) is 12.7 Å². The fraction of sp³-hybridized carbons (Fsp3) is 1.00. The van der Waals surface area contributed by atoms with Crippen molar-refractivity contribution in [3.05, 3.63) is 0 Å². The average Bonchev–Trinajstić information content (AvgIpc) is 2.20. The second-order valence-electron chi connectivity index (χ2n) is 4.11. The van der Waals surface area contributed by atoms with E-state index in [1.54, 1.807) is 0 Å². The standard InChI is InChI=1S/C10H22N2O2/c1-8(2)14-7-10(12-11)9-3-5-13-6-4-9/h8-10,12H,3-7,11H2,1-2H3. The van der Waals surface area contributed by atoms with Crippen LogP contribution in [-0.4, -0.2) is 32.0 Å². The van der Waals surface area contributed by atoms with Gasteiger partial charge < -0.3 is 9.47 Å². The topological polar surface area (TPSA) is 56.5 Å². The highest BCUT2D eigenvalue weighted by Crippen LogP contribution is 2.18. The molecule has 4 heteroatoms. The lowest BCUT2D eigenvalue weighted by Gasteiger charge is -2.30. The summed E-state index contributed by atoms with van der Waals surface area (Å²) in [6.07, 6.45) is 2.43. The Morgan fingerprint density at radius 3 is 2.57 bits per heavy atom. The Kier molecular flexibility index (Phi) is 5.40. The third kappa shape index (κ3) is 3.92. The van der Waals surface area contributed by atoms with Gasteiger partial charge in [-0.05, 0) is 32.6 Å². The lowest BCUT2D eigenvalue weighted by atomic mass is 9.92. The van der Waals surface area contributed by atoms with Gasteiger partial charge in [-0.15, -0.1) is 0 Å². The van der Waals surface area contributed by atoms with E-state index in [0.717, 1.165) is 26.1 Å². The predicted molar refractivity (Wildman–Crippen MR) is 55.7 cm³/mol.